The number of anilines is 1. The molecule has 35 heavy (non-hydrogen) atoms. The summed E-state index contributed by atoms with van der Waals surface area (Å²) in [6.07, 6.45) is -3.93. The molecule has 188 valence electrons. The quantitative estimate of drug-likeness (QED) is 0.393. The molecule has 2 aromatic carbocycles. The molecule has 8 nitrogen and oxygen atoms in total. The van der Waals surface area contributed by atoms with Gasteiger partial charge in [0.05, 0.1) is 24.2 Å². The molecule has 3 aromatic rings. The molecule has 0 bridgehead atoms. The van der Waals surface area contributed by atoms with Crippen LogP contribution in [0.2, 0.25) is 5.02 Å². The van der Waals surface area contributed by atoms with Crippen LogP contribution in [-0.2, 0) is 29.3 Å². The molecule has 15 heteroatoms. The third-order valence-electron chi connectivity index (χ3n) is 4.47. The van der Waals surface area contributed by atoms with Gasteiger partial charge in [-0.05, 0) is 36.4 Å². The molecule has 0 radical (unpaired) electrons. The average Bonchev–Trinajstić information content (AvgIpc) is 3.16. The molecule has 0 fully saturated rings. The Hall–Kier alpha value is -3.23. The van der Waals surface area contributed by atoms with Gasteiger partial charge < -0.3 is 10.6 Å². The summed E-state index contributed by atoms with van der Waals surface area (Å²) in [5.74, 6) is -2.24. The number of sulfonamides is 1. The van der Waals surface area contributed by atoms with E-state index in [2.05, 4.69) is 15.7 Å². The van der Waals surface area contributed by atoms with Crippen LogP contribution in [0.15, 0.2) is 42.5 Å². The van der Waals surface area contributed by atoms with Crippen LogP contribution >= 0.6 is 11.6 Å². The Morgan fingerprint density at radius 3 is 2.31 bits per heavy atom. The first-order valence-electron chi connectivity index (χ1n) is 9.62. The first kappa shape index (κ1) is 26.4. The number of urea groups is 1. The summed E-state index contributed by atoms with van der Waals surface area (Å²) in [4.78, 5) is 12.2. The number of rotatable bonds is 7. The van der Waals surface area contributed by atoms with Gasteiger partial charge in [0.1, 0.15) is 11.6 Å². The fourth-order valence-corrected chi connectivity index (χ4v) is 3.50. The molecule has 3 rings (SSSR count). The molecule has 0 saturated carbocycles. The molecule has 0 saturated heterocycles. The van der Waals surface area contributed by atoms with E-state index < -0.39 is 58.2 Å². The highest BCUT2D eigenvalue weighted by molar-refractivity contribution is 7.88. The van der Waals surface area contributed by atoms with Gasteiger partial charge in [0.15, 0.2) is 5.69 Å². The fraction of sp³-hybridized carbons (Fsp3) is 0.200. The SMILES string of the molecule is CS(=O)(=O)NCc1c(F)cc(NC(=O)NCc2cc(C(F)(F)F)nn2-c2cccc(Cl)c2)cc1F. The second-order valence-electron chi connectivity index (χ2n) is 7.23. The van der Waals surface area contributed by atoms with Crippen LogP contribution in [0.25, 0.3) is 5.69 Å². The van der Waals surface area contributed by atoms with Crippen molar-refractivity contribution in [3.05, 3.63) is 76.1 Å². The van der Waals surface area contributed by atoms with Crippen LogP contribution in [0, 0.1) is 11.6 Å². The van der Waals surface area contributed by atoms with Crippen molar-refractivity contribution < 1.29 is 35.2 Å². The standard InChI is InChI=1S/C20H17ClF5N5O3S/c1-35(33,34)28-10-15-16(22)6-12(7-17(15)23)29-19(32)27-9-14-8-18(20(24,25)26)30-31(14)13-4-2-3-11(21)5-13/h2-8,28H,9-10H2,1H3,(H2,27,29,32). The van der Waals surface area contributed by atoms with Gasteiger partial charge in [-0.2, -0.15) is 18.3 Å². The Bertz CT molecular complexity index is 1340. The summed E-state index contributed by atoms with van der Waals surface area (Å²) in [5.41, 5.74) is -1.90. The molecule has 0 aliphatic carbocycles. The number of amides is 2. The van der Waals surface area contributed by atoms with Gasteiger partial charge in [0.2, 0.25) is 10.0 Å². The van der Waals surface area contributed by atoms with Crippen molar-refractivity contribution >= 4 is 33.3 Å². The maximum absolute atomic E-state index is 14.2. The highest BCUT2D eigenvalue weighted by atomic mass is 35.5. The molecule has 1 heterocycles. The van der Waals surface area contributed by atoms with E-state index in [1.807, 2.05) is 4.72 Å². The molecule has 2 amide bonds. The van der Waals surface area contributed by atoms with E-state index in [-0.39, 0.29) is 22.1 Å². The van der Waals surface area contributed by atoms with Crippen LogP contribution in [0.3, 0.4) is 0 Å². The van der Waals surface area contributed by atoms with Gasteiger partial charge in [0.25, 0.3) is 0 Å². The van der Waals surface area contributed by atoms with Gasteiger partial charge in [-0.15, -0.1) is 0 Å². The van der Waals surface area contributed by atoms with Crippen molar-refractivity contribution in [3.63, 3.8) is 0 Å². The maximum atomic E-state index is 14.2. The highest BCUT2D eigenvalue weighted by Gasteiger charge is 2.35. The lowest BCUT2D eigenvalue weighted by molar-refractivity contribution is -0.141. The molecule has 0 aliphatic heterocycles. The Morgan fingerprint density at radius 2 is 1.74 bits per heavy atom. The molecular formula is C20H17ClF5N5O3S. The molecule has 1 aromatic heterocycles. The van der Waals surface area contributed by atoms with Gasteiger partial charge in [-0.1, -0.05) is 17.7 Å². The van der Waals surface area contributed by atoms with Gasteiger partial charge in [-0.3, -0.25) is 0 Å². The van der Waals surface area contributed by atoms with E-state index in [1.54, 1.807) is 0 Å². The fourth-order valence-electron chi connectivity index (χ4n) is 2.91. The van der Waals surface area contributed by atoms with Crippen molar-refractivity contribution in [1.29, 1.82) is 0 Å². The highest BCUT2D eigenvalue weighted by Crippen LogP contribution is 2.30. The second kappa shape index (κ2) is 10.2. The van der Waals surface area contributed by atoms with Crippen LogP contribution < -0.4 is 15.4 Å². The minimum absolute atomic E-state index is 0.0469. The van der Waals surface area contributed by atoms with Crippen molar-refractivity contribution in [2.24, 2.45) is 0 Å². The third kappa shape index (κ3) is 7.13. The Morgan fingerprint density at radius 1 is 1.09 bits per heavy atom. The monoisotopic (exact) mass is 537 g/mol. The second-order valence-corrected chi connectivity index (χ2v) is 9.50. The van der Waals surface area contributed by atoms with E-state index in [9.17, 15) is 35.2 Å². The number of nitrogens with zero attached hydrogens (tertiary/aromatic N) is 2. The Kier molecular flexibility index (Phi) is 7.67. The van der Waals surface area contributed by atoms with Crippen LogP contribution in [-0.4, -0.2) is 30.5 Å². The van der Waals surface area contributed by atoms with Crippen LogP contribution in [0.4, 0.5) is 32.4 Å². The first-order valence-corrected chi connectivity index (χ1v) is 11.9. The van der Waals surface area contributed by atoms with Crippen molar-refractivity contribution in [1.82, 2.24) is 19.8 Å². The minimum Gasteiger partial charge on any atom is -0.332 e. The average molecular weight is 538 g/mol. The number of halogens is 6. The van der Waals surface area contributed by atoms with Gasteiger partial charge >= 0.3 is 12.2 Å². The summed E-state index contributed by atoms with van der Waals surface area (Å²) in [5, 5.41) is 8.23. The predicted octanol–water partition coefficient (Wildman–Crippen LogP) is 4.19. The van der Waals surface area contributed by atoms with Crippen molar-refractivity contribution in [3.8, 4) is 5.69 Å². The normalized spacial score (nSPS) is 12.0. The summed E-state index contributed by atoms with van der Waals surface area (Å²) >= 11 is 5.90. The molecule has 0 spiro atoms. The topological polar surface area (TPSA) is 105 Å². The minimum atomic E-state index is -4.75. The molecule has 0 atom stereocenters. The summed E-state index contributed by atoms with van der Waals surface area (Å²) in [6.45, 7) is -1.07. The van der Waals surface area contributed by atoms with Crippen LogP contribution in [0.5, 0.6) is 0 Å². The van der Waals surface area contributed by atoms with E-state index in [4.69, 9.17) is 11.6 Å². The first-order chi connectivity index (χ1) is 16.2. The van der Waals surface area contributed by atoms with E-state index in [1.165, 1.54) is 24.3 Å². The molecule has 0 aliphatic rings. The zero-order chi connectivity index (χ0) is 26.0. The number of carbonyl (C=O) groups is 1. The zero-order valence-corrected chi connectivity index (χ0v) is 19.3. The number of benzene rings is 2. The number of alkyl halides is 3. The number of aromatic nitrogens is 2. The Balaban J connectivity index is 1.75. The smallest absolute Gasteiger partial charge is 0.332 e. The number of carbonyl (C=O) groups excluding carboxylic acids is 1. The maximum Gasteiger partial charge on any atom is 0.435 e. The number of hydrogen-bond acceptors (Lipinski definition) is 4. The van der Waals surface area contributed by atoms with Gasteiger partial charge in [-0.25, -0.2) is 31.4 Å². The van der Waals surface area contributed by atoms with E-state index >= 15 is 0 Å². The van der Waals surface area contributed by atoms with Crippen LogP contribution in [0.1, 0.15) is 17.0 Å². The lowest BCUT2D eigenvalue weighted by Crippen LogP contribution is -2.29. The lowest BCUT2D eigenvalue weighted by Gasteiger charge is -2.12. The number of nitrogens with one attached hydrogen (secondary N) is 3. The largest absolute Gasteiger partial charge is 0.435 e. The molecule has 0 unspecified atom stereocenters. The summed E-state index contributed by atoms with van der Waals surface area (Å²) in [7, 11) is -3.70. The number of hydrogen-bond donors (Lipinski definition) is 3. The Labute approximate surface area is 201 Å². The summed E-state index contributed by atoms with van der Waals surface area (Å²) < 4.78 is 93.1. The summed E-state index contributed by atoms with van der Waals surface area (Å²) in [6, 6.07) is 7.17. The van der Waals surface area contributed by atoms with Crippen molar-refractivity contribution in [2.75, 3.05) is 11.6 Å². The van der Waals surface area contributed by atoms with Gasteiger partial charge in [0, 0.05) is 22.8 Å². The van der Waals surface area contributed by atoms with E-state index in [0.29, 0.717) is 0 Å². The molecular weight excluding hydrogens is 521 g/mol. The third-order valence-corrected chi connectivity index (χ3v) is 5.37. The lowest BCUT2D eigenvalue weighted by atomic mass is 10.2. The van der Waals surface area contributed by atoms with E-state index in [0.717, 1.165) is 29.1 Å². The zero-order valence-electron chi connectivity index (χ0n) is 17.8. The van der Waals surface area contributed by atoms with Crippen molar-refractivity contribution in [2.45, 2.75) is 19.3 Å². The molecule has 3 N–H and O–H groups in total. The predicted molar refractivity (Wildman–Crippen MR) is 117 cm³/mol.